The first-order chi connectivity index (χ1) is 9.71. The molecule has 1 nitrogen and oxygen atoms in total. The third kappa shape index (κ3) is 5.94. The highest BCUT2D eigenvalue weighted by Crippen LogP contribution is 2.22. The van der Waals surface area contributed by atoms with Gasteiger partial charge in [-0.15, -0.1) is 0 Å². The molecule has 0 saturated heterocycles. The van der Waals surface area contributed by atoms with E-state index in [9.17, 15) is 4.39 Å². The van der Waals surface area contributed by atoms with Crippen molar-refractivity contribution in [3.8, 4) is 0 Å². The predicted molar refractivity (Wildman–Crippen MR) is 86.9 cm³/mol. The quantitative estimate of drug-likeness (QED) is 0.499. The van der Waals surface area contributed by atoms with Crippen LogP contribution in [0, 0.1) is 11.8 Å². The third-order valence-electron chi connectivity index (χ3n) is 4.14. The standard InChI is InChI=1S/C18H30FN/c1-4-9-17(5-2)13-12-16(3)14-20(15-19)18-10-7-6-8-11-18/h6-8,10-11,16-17H,4-5,9,12-15H2,1-3H3. The lowest BCUT2D eigenvalue weighted by Gasteiger charge is -2.26. The Kier molecular flexibility index (Phi) is 8.32. The zero-order valence-electron chi connectivity index (χ0n) is 13.3. The summed E-state index contributed by atoms with van der Waals surface area (Å²) in [7, 11) is 0. The van der Waals surface area contributed by atoms with E-state index >= 15 is 0 Å². The van der Waals surface area contributed by atoms with E-state index in [1.807, 2.05) is 35.2 Å². The highest BCUT2D eigenvalue weighted by atomic mass is 19.1. The van der Waals surface area contributed by atoms with Crippen LogP contribution >= 0.6 is 0 Å². The molecule has 2 atom stereocenters. The molecule has 0 fully saturated rings. The predicted octanol–water partition coefficient (Wildman–Crippen LogP) is 5.66. The van der Waals surface area contributed by atoms with E-state index in [1.165, 1.54) is 32.1 Å². The summed E-state index contributed by atoms with van der Waals surface area (Å²) < 4.78 is 13.2. The van der Waals surface area contributed by atoms with E-state index in [0.29, 0.717) is 5.92 Å². The molecular weight excluding hydrogens is 249 g/mol. The van der Waals surface area contributed by atoms with Crippen LogP contribution < -0.4 is 4.90 Å². The number of para-hydroxylation sites is 1. The summed E-state index contributed by atoms with van der Waals surface area (Å²) in [5, 5.41) is 0. The molecule has 0 aliphatic heterocycles. The van der Waals surface area contributed by atoms with Crippen LogP contribution in [0.15, 0.2) is 30.3 Å². The van der Waals surface area contributed by atoms with Crippen molar-refractivity contribution in [3.63, 3.8) is 0 Å². The second-order valence-electron chi connectivity index (χ2n) is 5.92. The topological polar surface area (TPSA) is 3.24 Å². The fourth-order valence-corrected chi connectivity index (χ4v) is 2.81. The molecule has 0 N–H and O–H groups in total. The summed E-state index contributed by atoms with van der Waals surface area (Å²) in [6.07, 6.45) is 6.34. The first-order valence-electron chi connectivity index (χ1n) is 8.07. The maximum atomic E-state index is 13.2. The molecule has 0 aromatic heterocycles. The molecule has 1 aromatic rings. The lowest BCUT2D eigenvalue weighted by Crippen LogP contribution is -2.27. The second-order valence-corrected chi connectivity index (χ2v) is 5.92. The maximum absolute atomic E-state index is 13.2. The number of nitrogens with zero attached hydrogens (tertiary/aromatic N) is 1. The van der Waals surface area contributed by atoms with Crippen LogP contribution in [0.25, 0.3) is 0 Å². The average molecular weight is 279 g/mol. The van der Waals surface area contributed by atoms with Gasteiger partial charge < -0.3 is 4.90 Å². The fraction of sp³-hybridized carbons (Fsp3) is 0.667. The molecule has 0 radical (unpaired) electrons. The number of benzene rings is 1. The van der Waals surface area contributed by atoms with Crippen molar-refractivity contribution in [2.24, 2.45) is 11.8 Å². The first-order valence-corrected chi connectivity index (χ1v) is 8.07. The number of hydrogen-bond donors (Lipinski definition) is 0. The molecular formula is C18H30FN. The van der Waals surface area contributed by atoms with E-state index in [2.05, 4.69) is 20.8 Å². The van der Waals surface area contributed by atoms with Crippen molar-refractivity contribution < 1.29 is 4.39 Å². The molecule has 0 bridgehead atoms. The summed E-state index contributed by atoms with van der Waals surface area (Å²) in [6.45, 7) is 7.18. The van der Waals surface area contributed by atoms with E-state index in [-0.39, 0.29) is 0 Å². The highest BCUT2D eigenvalue weighted by Gasteiger charge is 2.13. The molecule has 2 heteroatoms. The van der Waals surface area contributed by atoms with Crippen molar-refractivity contribution in [1.82, 2.24) is 0 Å². The molecule has 1 rings (SSSR count). The molecule has 0 heterocycles. The van der Waals surface area contributed by atoms with E-state index in [1.54, 1.807) is 0 Å². The lowest BCUT2D eigenvalue weighted by atomic mass is 9.91. The van der Waals surface area contributed by atoms with Gasteiger partial charge in [0.1, 0.15) is 0 Å². The Hall–Kier alpha value is -1.05. The molecule has 1 aromatic carbocycles. The Labute approximate surface area is 124 Å². The van der Waals surface area contributed by atoms with Crippen molar-refractivity contribution in [1.29, 1.82) is 0 Å². The van der Waals surface area contributed by atoms with Crippen molar-refractivity contribution in [2.75, 3.05) is 18.2 Å². The Balaban J connectivity index is 2.41. The number of anilines is 1. The van der Waals surface area contributed by atoms with E-state index in [4.69, 9.17) is 0 Å². The Morgan fingerprint density at radius 2 is 1.75 bits per heavy atom. The van der Waals surface area contributed by atoms with Gasteiger partial charge in [0.25, 0.3) is 0 Å². The minimum atomic E-state index is -0.402. The fourth-order valence-electron chi connectivity index (χ4n) is 2.81. The monoisotopic (exact) mass is 279 g/mol. The van der Waals surface area contributed by atoms with Gasteiger partial charge in [0.15, 0.2) is 6.80 Å². The Morgan fingerprint density at radius 3 is 2.30 bits per heavy atom. The minimum Gasteiger partial charge on any atom is -0.344 e. The molecule has 0 aliphatic carbocycles. The summed E-state index contributed by atoms with van der Waals surface area (Å²) in [5.74, 6) is 1.38. The van der Waals surface area contributed by atoms with Gasteiger partial charge in [-0.05, 0) is 30.4 Å². The normalized spacial score (nSPS) is 14.0. The van der Waals surface area contributed by atoms with E-state index in [0.717, 1.165) is 18.2 Å². The Bertz CT molecular complexity index is 339. The highest BCUT2D eigenvalue weighted by molar-refractivity contribution is 5.45. The molecule has 2 unspecified atom stereocenters. The molecule has 0 saturated carbocycles. The van der Waals surface area contributed by atoms with Gasteiger partial charge in [0.2, 0.25) is 0 Å². The van der Waals surface area contributed by atoms with Crippen LogP contribution in [0.5, 0.6) is 0 Å². The van der Waals surface area contributed by atoms with E-state index < -0.39 is 6.80 Å². The zero-order valence-corrected chi connectivity index (χ0v) is 13.3. The largest absolute Gasteiger partial charge is 0.344 e. The van der Waals surface area contributed by atoms with Gasteiger partial charge in [0, 0.05) is 12.2 Å². The van der Waals surface area contributed by atoms with Crippen molar-refractivity contribution in [3.05, 3.63) is 30.3 Å². The number of hydrogen-bond acceptors (Lipinski definition) is 1. The summed E-state index contributed by atoms with van der Waals surface area (Å²) in [4.78, 5) is 1.84. The minimum absolute atomic E-state index is 0.402. The molecule has 0 spiro atoms. The SMILES string of the molecule is CCCC(CC)CCC(C)CN(CF)c1ccccc1. The first kappa shape index (κ1) is 17.0. The van der Waals surface area contributed by atoms with Gasteiger partial charge in [-0.2, -0.15) is 0 Å². The number of rotatable bonds is 10. The van der Waals surface area contributed by atoms with Gasteiger partial charge in [0.05, 0.1) is 0 Å². The van der Waals surface area contributed by atoms with Gasteiger partial charge in [-0.25, -0.2) is 4.39 Å². The molecule has 20 heavy (non-hydrogen) atoms. The summed E-state index contributed by atoms with van der Waals surface area (Å²) in [5.41, 5.74) is 0.988. The smallest absolute Gasteiger partial charge is 0.161 e. The van der Waals surface area contributed by atoms with Crippen LogP contribution in [0.3, 0.4) is 0 Å². The molecule has 114 valence electrons. The Morgan fingerprint density at radius 1 is 1.05 bits per heavy atom. The van der Waals surface area contributed by atoms with Crippen LogP contribution in [-0.2, 0) is 0 Å². The van der Waals surface area contributed by atoms with Crippen molar-refractivity contribution in [2.45, 2.75) is 52.9 Å². The molecule has 0 aliphatic rings. The van der Waals surface area contributed by atoms with Gasteiger partial charge >= 0.3 is 0 Å². The second kappa shape index (κ2) is 9.79. The third-order valence-corrected chi connectivity index (χ3v) is 4.14. The van der Waals surface area contributed by atoms with Gasteiger partial charge in [-0.1, -0.05) is 64.7 Å². The van der Waals surface area contributed by atoms with Crippen LogP contribution in [-0.4, -0.2) is 13.3 Å². The average Bonchev–Trinajstić information content (AvgIpc) is 2.49. The van der Waals surface area contributed by atoms with Crippen molar-refractivity contribution >= 4 is 5.69 Å². The maximum Gasteiger partial charge on any atom is 0.161 e. The van der Waals surface area contributed by atoms with Crippen LogP contribution in [0.4, 0.5) is 10.1 Å². The van der Waals surface area contributed by atoms with Gasteiger partial charge in [-0.3, -0.25) is 0 Å². The molecule has 0 amide bonds. The number of alkyl halides is 1. The lowest BCUT2D eigenvalue weighted by molar-refractivity contribution is 0.366. The number of halogens is 1. The summed E-state index contributed by atoms with van der Waals surface area (Å²) >= 11 is 0. The summed E-state index contributed by atoms with van der Waals surface area (Å²) in [6, 6.07) is 9.88. The van der Waals surface area contributed by atoms with Crippen LogP contribution in [0.2, 0.25) is 0 Å². The zero-order chi connectivity index (χ0) is 14.8. The van der Waals surface area contributed by atoms with Crippen LogP contribution in [0.1, 0.15) is 52.9 Å².